The molecular weight excluding hydrogens is 424 g/mol. The number of pyridine rings is 1. The normalized spacial score (nSPS) is 13.9. The maximum absolute atomic E-state index is 13.3. The van der Waals surface area contributed by atoms with Crippen molar-refractivity contribution >= 4 is 50.7 Å². The number of carbonyl (C=O) groups excluding carboxylic acids is 2. The number of alkyl halides is 2. The van der Waals surface area contributed by atoms with Crippen LogP contribution in [0.2, 0.25) is 5.02 Å². The van der Waals surface area contributed by atoms with Gasteiger partial charge in [0, 0.05) is 24.5 Å². The van der Waals surface area contributed by atoms with Crippen molar-refractivity contribution in [2.45, 2.75) is 38.2 Å². The zero-order valence-electron chi connectivity index (χ0n) is 15.0. The van der Waals surface area contributed by atoms with E-state index in [2.05, 4.69) is 15.4 Å². The molecule has 0 saturated heterocycles. The SMILES string of the molecule is NC(=O)c1sc2nc(C(F)F)cc(C3CC3)c2c1NC(=O)CCn1cc(Cl)cn1. The Morgan fingerprint density at radius 1 is 1.41 bits per heavy atom. The van der Waals surface area contributed by atoms with Crippen LogP contribution >= 0.6 is 22.9 Å². The van der Waals surface area contributed by atoms with Crippen LogP contribution in [0.25, 0.3) is 10.2 Å². The highest BCUT2D eigenvalue weighted by molar-refractivity contribution is 7.21. The molecule has 3 aromatic rings. The van der Waals surface area contributed by atoms with Crippen molar-refractivity contribution in [1.82, 2.24) is 14.8 Å². The molecule has 2 amide bonds. The van der Waals surface area contributed by atoms with Crippen LogP contribution in [0.5, 0.6) is 0 Å². The lowest BCUT2D eigenvalue weighted by Gasteiger charge is -2.10. The molecule has 0 bridgehead atoms. The van der Waals surface area contributed by atoms with Crippen molar-refractivity contribution in [3.8, 4) is 0 Å². The summed E-state index contributed by atoms with van der Waals surface area (Å²) in [6.07, 6.45) is 2.12. The average Bonchev–Trinajstić information content (AvgIpc) is 3.33. The van der Waals surface area contributed by atoms with Crippen LogP contribution in [0.4, 0.5) is 14.5 Å². The fourth-order valence-electron chi connectivity index (χ4n) is 3.15. The van der Waals surface area contributed by atoms with Gasteiger partial charge in [-0.15, -0.1) is 11.3 Å². The van der Waals surface area contributed by atoms with Crippen molar-refractivity contribution < 1.29 is 18.4 Å². The number of anilines is 1. The van der Waals surface area contributed by atoms with Gasteiger partial charge in [-0.05, 0) is 30.4 Å². The molecule has 0 radical (unpaired) electrons. The van der Waals surface area contributed by atoms with Crippen LogP contribution in [-0.2, 0) is 11.3 Å². The van der Waals surface area contributed by atoms with E-state index in [1.807, 2.05) is 0 Å². The van der Waals surface area contributed by atoms with Crippen LogP contribution < -0.4 is 11.1 Å². The van der Waals surface area contributed by atoms with Gasteiger partial charge in [-0.3, -0.25) is 14.3 Å². The molecule has 4 rings (SSSR count). The fraction of sp³-hybridized carbons (Fsp3) is 0.333. The van der Waals surface area contributed by atoms with E-state index in [4.69, 9.17) is 17.3 Å². The Morgan fingerprint density at radius 3 is 2.76 bits per heavy atom. The van der Waals surface area contributed by atoms with E-state index < -0.39 is 12.3 Å². The van der Waals surface area contributed by atoms with E-state index in [0.717, 1.165) is 24.2 Å². The number of nitrogens with one attached hydrogen (secondary N) is 1. The number of thiophene rings is 1. The van der Waals surface area contributed by atoms with Crippen molar-refractivity contribution in [1.29, 1.82) is 0 Å². The van der Waals surface area contributed by atoms with E-state index >= 15 is 0 Å². The van der Waals surface area contributed by atoms with Gasteiger partial charge in [-0.1, -0.05) is 11.6 Å². The molecule has 3 aromatic heterocycles. The van der Waals surface area contributed by atoms with Gasteiger partial charge in [-0.2, -0.15) is 5.10 Å². The molecular formula is C18H16ClF2N5O2S. The number of aryl methyl sites for hydroxylation is 1. The second-order valence-electron chi connectivity index (χ2n) is 6.78. The highest BCUT2D eigenvalue weighted by Gasteiger charge is 2.31. The Labute approximate surface area is 172 Å². The first-order chi connectivity index (χ1) is 13.8. The van der Waals surface area contributed by atoms with Crippen molar-refractivity contribution in [2.24, 2.45) is 5.73 Å². The molecule has 0 atom stereocenters. The van der Waals surface area contributed by atoms with E-state index in [9.17, 15) is 18.4 Å². The summed E-state index contributed by atoms with van der Waals surface area (Å²) < 4.78 is 28.0. The first kappa shape index (κ1) is 19.7. The number of fused-ring (bicyclic) bond motifs is 1. The first-order valence-electron chi connectivity index (χ1n) is 8.86. The van der Waals surface area contributed by atoms with Gasteiger partial charge < -0.3 is 11.1 Å². The van der Waals surface area contributed by atoms with Gasteiger partial charge in [0.15, 0.2) is 0 Å². The molecule has 1 fully saturated rings. The minimum Gasteiger partial charge on any atom is -0.365 e. The number of nitrogens with zero attached hydrogens (tertiary/aromatic N) is 3. The number of halogens is 3. The number of rotatable bonds is 7. The molecule has 3 N–H and O–H groups in total. The lowest BCUT2D eigenvalue weighted by molar-refractivity contribution is -0.116. The van der Waals surface area contributed by atoms with Crippen molar-refractivity contribution in [3.05, 3.63) is 39.6 Å². The lowest BCUT2D eigenvalue weighted by atomic mass is 10.0. The third kappa shape index (κ3) is 4.08. The number of hydrogen-bond donors (Lipinski definition) is 2. The summed E-state index contributed by atoms with van der Waals surface area (Å²) in [6.45, 7) is 0.287. The first-order valence-corrected chi connectivity index (χ1v) is 10.1. The third-order valence-electron chi connectivity index (χ3n) is 4.61. The van der Waals surface area contributed by atoms with Crippen LogP contribution in [-0.4, -0.2) is 26.6 Å². The molecule has 0 aromatic carbocycles. The molecule has 1 aliphatic rings. The number of amides is 2. The Kier molecular flexibility index (Phi) is 5.22. The standard InChI is InChI=1S/C18H16ClF2N5O2S/c19-9-6-23-26(7-9)4-3-12(27)25-14-13-10(8-1-2-8)5-11(16(20)21)24-18(13)29-15(14)17(22)28/h5-8,16H,1-4H2,(H2,22,28)(H,25,27). The highest BCUT2D eigenvalue weighted by atomic mass is 35.5. The summed E-state index contributed by atoms with van der Waals surface area (Å²) in [7, 11) is 0. The van der Waals surface area contributed by atoms with Gasteiger partial charge >= 0.3 is 0 Å². The molecule has 0 spiro atoms. The van der Waals surface area contributed by atoms with E-state index in [1.165, 1.54) is 16.9 Å². The Bertz CT molecular complexity index is 1110. The second kappa shape index (κ2) is 7.68. The molecule has 0 unspecified atom stereocenters. The minimum absolute atomic E-state index is 0.0782. The predicted octanol–water partition coefficient (Wildman–Crippen LogP) is 4.09. The van der Waals surface area contributed by atoms with E-state index in [-0.39, 0.29) is 45.9 Å². The molecule has 1 saturated carbocycles. The quantitative estimate of drug-likeness (QED) is 0.578. The van der Waals surface area contributed by atoms with Gasteiger partial charge in [0.25, 0.3) is 12.3 Å². The van der Waals surface area contributed by atoms with Gasteiger partial charge in [0.05, 0.1) is 16.9 Å². The highest BCUT2D eigenvalue weighted by Crippen LogP contribution is 2.48. The number of aromatic nitrogens is 3. The second-order valence-corrected chi connectivity index (χ2v) is 8.22. The van der Waals surface area contributed by atoms with Crippen LogP contribution in [0.1, 0.15) is 52.5 Å². The van der Waals surface area contributed by atoms with Crippen LogP contribution in [0, 0.1) is 0 Å². The summed E-state index contributed by atoms with van der Waals surface area (Å²) in [5.74, 6) is -1.00. The average molecular weight is 440 g/mol. The molecule has 3 heterocycles. The lowest BCUT2D eigenvalue weighted by Crippen LogP contribution is -2.18. The largest absolute Gasteiger partial charge is 0.365 e. The molecule has 29 heavy (non-hydrogen) atoms. The predicted molar refractivity (Wildman–Crippen MR) is 106 cm³/mol. The van der Waals surface area contributed by atoms with Crippen LogP contribution in [0.15, 0.2) is 18.5 Å². The van der Waals surface area contributed by atoms with E-state index in [1.54, 1.807) is 6.20 Å². The van der Waals surface area contributed by atoms with Crippen molar-refractivity contribution in [2.75, 3.05) is 5.32 Å². The molecule has 1 aliphatic carbocycles. The summed E-state index contributed by atoms with van der Waals surface area (Å²) in [5, 5.41) is 7.71. The third-order valence-corrected chi connectivity index (χ3v) is 5.90. The van der Waals surface area contributed by atoms with Crippen molar-refractivity contribution in [3.63, 3.8) is 0 Å². The Hall–Kier alpha value is -2.59. The van der Waals surface area contributed by atoms with Crippen LogP contribution in [0.3, 0.4) is 0 Å². The van der Waals surface area contributed by atoms with Gasteiger partial charge in [0.1, 0.15) is 15.4 Å². The molecule has 7 nitrogen and oxygen atoms in total. The maximum atomic E-state index is 13.3. The van der Waals surface area contributed by atoms with E-state index in [0.29, 0.717) is 16.0 Å². The molecule has 0 aliphatic heterocycles. The van der Waals surface area contributed by atoms with Gasteiger partial charge in [-0.25, -0.2) is 13.8 Å². The number of primary amides is 1. The number of hydrogen-bond acceptors (Lipinski definition) is 5. The molecule has 152 valence electrons. The topological polar surface area (TPSA) is 103 Å². The summed E-state index contributed by atoms with van der Waals surface area (Å²) >= 11 is 6.72. The van der Waals surface area contributed by atoms with Gasteiger partial charge in [0.2, 0.25) is 5.91 Å². The monoisotopic (exact) mass is 439 g/mol. The zero-order valence-corrected chi connectivity index (χ0v) is 16.6. The minimum atomic E-state index is -2.73. The number of nitrogens with two attached hydrogens (primary N) is 1. The smallest absolute Gasteiger partial charge is 0.280 e. The maximum Gasteiger partial charge on any atom is 0.280 e. The molecule has 11 heteroatoms. The summed E-state index contributed by atoms with van der Waals surface area (Å²) in [5.41, 5.74) is 6.05. The fourth-order valence-corrected chi connectivity index (χ4v) is 4.32. The zero-order chi connectivity index (χ0) is 20.7. The Balaban J connectivity index is 1.69. The number of carbonyl (C=O) groups is 2. The summed E-state index contributed by atoms with van der Waals surface area (Å²) in [4.78, 5) is 28.8. The summed E-state index contributed by atoms with van der Waals surface area (Å²) in [6, 6.07) is 1.36. The Morgan fingerprint density at radius 2 is 2.17 bits per heavy atom.